The van der Waals surface area contributed by atoms with Crippen LogP contribution in [-0.4, -0.2) is 25.7 Å². The summed E-state index contributed by atoms with van der Waals surface area (Å²) in [7, 11) is 3.34. The van der Waals surface area contributed by atoms with Gasteiger partial charge in [0.1, 0.15) is 5.75 Å². The molecule has 0 heterocycles. The summed E-state index contributed by atoms with van der Waals surface area (Å²) in [6.45, 7) is 15.3. The second-order valence-corrected chi connectivity index (χ2v) is 8.01. The Morgan fingerprint density at radius 2 is 1.91 bits per heavy atom. The van der Waals surface area contributed by atoms with Gasteiger partial charge in [-0.1, -0.05) is 62.4 Å². The summed E-state index contributed by atoms with van der Waals surface area (Å²) in [6, 6.07) is 7.94. The van der Waals surface area contributed by atoms with Crippen LogP contribution in [0.15, 0.2) is 94.8 Å². The van der Waals surface area contributed by atoms with Crippen LogP contribution in [0.25, 0.3) is 5.57 Å². The molecule has 0 spiro atoms. The molecule has 0 fully saturated rings. The van der Waals surface area contributed by atoms with E-state index in [0.717, 1.165) is 34.4 Å². The number of ether oxygens (including phenoxy) is 1. The van der Waals surface area contributed by atoms with Crippen molar-refractivity contribution < 1.29 is 9.53 Å². The van der Waals surface area contributed by atoms with Crippen LogP contribution >= 0.6 is 0 Å². The molecule has 1 aromatic carbocycles. The van der Waals surface area contributed by atoms with Crippen molar-refractivity contribution in [1.29, 1.82) is 5.26 Å². The molecule has 0 aromatic heterocycles. The third-order valence-corrected chi connectivity index (χ3v) is 5.63. The van der Waals surface area contributed by atoms with E-state index in [2.05, 4.69) is 30.0 Å². The summed E-state index contributed by atoms with van der Waals surface area (Å²) >= 11 is 0. The Labute approximate surface area is 210 Å². The highest BCUT2D eigenvalue weighted by Crippen LogP contribution is 2.31. The molecule has 0 N–H and O–H groups in total. The van der Waals surface area contributed by atoms with Crippen LogP contribution in [0.4, 0.5) is 0 Å². The lowest BCUT2D eigenvalue weighted by atomic mass is 9.96. The highest BCUT2D eigenvalue weighted by Gasteiger charge is 2.13. The van der Waals surface area contributed by atoms with Gasteiger partial charge in [-0.05, 0) is 62.1 Å². The standard InChI is InChI=1S/C31H36N2O2/c1-9-13-26(29-15-12-14-23(5)31(29)35-8)20-27(21-32)24(6)30(34)19-25(11-3)18-28(33-7)17-16-22(4)10-2/h12-17,19-20H,1,4,10-11,18H2,2-3,5-8H3/b17-16-,25-19-,26-20+,27-24-,33-28+. The largest absolute Gasteiger partial charge is 0.496 e. The number of carbonyl (C=O) groups is 1. The quantitative estimate of drug-likeness (QED) is 0.105. The Morgan fingerprint density at radius 1 is 1.20 bits per heavy atom. The first kappa shape index (κ1) is 29.1. The van der Waals surface area contributed by atoms with Gasteiger partial charge < -0.3 is 4.74 Å². The molecule has 0 aliphatic heterocycles. The number of nitrogens with zero attached hydrogens (tertiary/aromatic N) is 2. The minimum Gasteiger partial charge on any atom is -0.496 e. The van der Waals surface area contributed by atoms with Gasteiger partial charge in [0.05, 0.1) is 18.8 Å². The highest BCUT2D eigenvalue weighted by atomic mass is 16.5. The molecular weight excluding hydrogens is 432 g/mol. The number of hydrogen-bond acceptors (Lipinski definition) is 4. The van der Waals surface area contributed by atoms with Crippen molar-refractivity contribution in [3.8, 4) is 11.8 Å². The van der Waals surface area contributed by atoms with Crippen LogP contribution in [0.2, 0.25) is 0 Å². The van der Waals surface area contributed by atoms with Gasteiger partial charge in [-0.15, -0.1) is 5.73 Å². The number of nitriles is 1. The highest BCUT2D eigenvalue weighted by molar-refractivity contribution is 6.06. The molecule has 182 valence electrons. The Hall–Kier alpha value is -3.93. The van der Waals surface area contributed by atoms with Crippen molar-refractivity contribution in [3.63, 3.8) is 0 Å². The van der Waals surface area contributed by atoms with Crippen LogP contribution < -0.4 is 4.74 Å². The molecule has 0 aliphatic rings. The number of methoxy groups -OCH3 is 1. The van der Waals surface area contributed by atoms with Gasteiger partial charge in [0.2, 0.25) is 0 Å². The number of allylic oxidation sites excluding steroid dienone is 10. The number of para-hydroxylation sites is 1. The van der Waals surface area contributed by atoms with Crippen molar-refractivity contribution in [1.82, 2.24) is 0 Å². The number of benzene rings is 1. The predicted molar refractivity (Wildman–Crippen MR) is 148 cm³/mol. The summed E-state index contributed by atoms with van der Waals surface area (Å²) < 4.78 is 5.58. The van der Waals surface area contributed by atoms with E-state index in [9.17, 15) is 10.1 Å². The van der Waals surface area contributed by atoms with Gasteiger partial charge in [0, 0.05) is 30.3 Å². The zero-order valence-electron chi connectivity index (χ0n) is 21.9. The lowest BCUT2D eigenvalue weighted by Gasteiger charge is -2.12. The lowest BCUT2D eigenvalue weighted by Crippen LogP contribution is -2.03. The summed E-state index contributed by atoms with van der Waals surface area (Å²) in [5.74, 6) is 0.495. The third-order valence-electron chi connectivity index (χ3n) is 5.63. The van der Waals surface area contributed by atoms with Gasteiger partial charge in [-0.3, -0.25) is 9.79 Å². The maximum Gasteiger partial charge on any atom is 0.182 e. The zero-order valence-corrected chi connectivity index (χ0v) is 21.9. The number of aryl methyl sites for hydroxylation is 1. The van der Waals surface area contributed by atoms with Gasteiger partial charge in [0.15, 0.2) is 5.78 Å². The van der Waals surface area contributed by atoms with Crippen LogP contribution in [0, 0.1) is 18.3 Å². The maximum atomic E-state index is 13.1. The molecule has 1 rings (SSSR count). The molecule has 35 heavy (non-hydrogen) atoms. The summed E-state index contributed by atoms with van der Waals surface area (Å²) in [4.78, 5) is 17.4. The fourth-order valence-corrected chi connectivity index (χ4v) is 3.32. The number of aliphatic imine (C=N–C) groups is 1. The predicted octanol–water partition coefficient (Wildman–Crippen LogP) is 7.46. The van der Waals surface area contributed by atoms with E-state index in [0.29, 0.717) is 29.7 Å². The molecule has 1 aromatic rings. The van der Waals surface area contributed by atoms with E-state index in [1.54, 1.807) is 39.3 Å². The average molecular weight is 469 g/mol. The lowest BCUT2D eigenvalue weighted by molar-refractivity contribution is -0.111. The zero-order chi connectivity index (χ0) is 26.4. The minimum absolute atomic E-state index is 0.204. The second kappa shape index (κ2) is 15.1. The molecule has 0 unspecified atom stereocenters. The van der Waals surface area contributed by atoms with Crippen molar-refractivity contribution in [3.05, 3.63) is 101 Å². The monoisotopic (exact) mass is 468 g/mol. The van der Waals surface area contributed by atoms with Gasteiger partial charge in [0.25, 0.3) is 0 Å². The first-order valence-corrected chi connectivity index (χ1v) is 11.6. The molecular formula is C31H36N2O2. The van der Waals surface area contributed by atoms with E-state index >= 15 is 0 Å². The van der Waals surface area contributed by atoms with Crippen molar-refractivity contribution in [2.75, 3.05) is 14.2 Å². The number of rotatable bonds is 12. The number of carbonyl (C=O) groups excluding carboxylic acids is 1. The first-order valence-electron chi connectivity index (χ1n) is 11.6. The van der Waals surface area contributed by atoms with Crippen LogP contribution in [-0.2, 0) is 4.79 Å². The molecule has 0 atom stereocenters. The average Bonchev–Trinajstić information content (AvgIpc) is 2.87. The molecule has 0 bridgehead atoms. The van der Waals surface area contributed by atoms with Crippen molar-refractivity contribution >= 4 is 17.1 Å². The SMILES string of the molecule is C=C=C/C(=C\C(C#N)=C(/C)C(=O)/C=C(/CC)CC(/C=C\C(=C)CC)=N/C)c1cccc(C)c1OC. The molecule has 0 aliphatic carbocycles. The molecule has 0 amide bonds. The van der Waals surface area contributed by atoms with E-state index in [4.69, 9.17) is 4.74 Å². The number of ketones is 1. The maximum absolute atomic E-state index is 13.1. The van der Waals surface area contributed by atoms with E-state index in [1.807, 2.05) is 51.1 Å². The molecule has 4 heteroatoms. The fourth-order valence-electron chi connectivity index (χ4n) is 3.32. The minimum atomic E-state index is -0.204. The summed E-state index contributed by atoms with van der Waals surface area (Å²) in [5.41, 5.74) is 8.68. The van der Waals surface area contributed by atoms with Crippen LogP contribution in [0.1, 0.15) is 51.2 Å². The Kier molecular flexibility index (Phi) is 12.5. The van der Waals surface area contributed by atoms with Gasteiger partial charge >= 0.3 is 0 Å². The van der Waals surface area contributed by atoms with E-state index in [1.165, 1.54) is 0 Å². The fraction of sp³-hybridized carbons (Fsp3) is 0.290. The normalized spacial score (nSPS) is 13.1. The van der Waals surface area contributed by atoms with E-state index < -0.39 is 0 Å². The molecule has 0 saturated carbocycles. The van der Waals surface area contributed by atoms with Gasteiger partial charge in [-0.2, -0.15) is 5.26 Å². The van der Waals surface area contributed by atoms with E-state index in [-0.39, 0.29) is 11.4 Å². The molecule has 0 radical (unpaired) electrons. The topological polar surface area (TPSA) is 62.5 Å². The van der Waals surface area contributed by atoms with Crippen LogP contribution in [0.5, 0.6) is 5.75 Å². The molecule has 4 nitrogen and oxygen atoms in total. The van der Waals surface area contributed by atoms with Crippen molar-refractivity contribution in [2.24, 2.45) is 4.99 Å². The molecule has 0 saturated heterocycles. The Balaban J connectivity index is 3.43. The van der Waals surface area contributed by atoms with Crippen molar-refractivity contribution in [2.45, 2.75) is 47.0 Å². The summed E-state index contributed by atoms with van der Waals surface area (Å²) in [6.07, 6.45) is 11.0. The first-order chi connectivity index (χ1) is 16.8. The van der Waals surface area contributed by atoms with Gasteiger partial charge in [-0.25, -0.2) is 0 Å². The Morgan fingerprint density at radius 3 is 2.46 bits per heavy atom. The Bertz CT molecular complexity index is 1190. The second-order valence-electron chi connectivity index (χ2n) is 8.01. The number of hydrogen-bond donors (Lipinski definition) is 0. The summed E-state index contributed by atoms with van der Waals surface area (Å²) in [5, 5.41) is 9.87. The smallest absolute Gasteiger partial charge is 0.182 e. The van der Waals surface area contributed by atoms with Crippen LogP contribution in [0.3, 0.4) is 0 Å². The third kappa shape index (κ3) is 8.74.